The summed E-state index contributed by atoms with van der Waals surface area (Å²) in [6.07, 6.45) is 0.661. The van der Waals surface area contributed by atoms with E-state index in [-0.39, 0.29) is 18.1 Å². The predicted molar refractivity (Wildman–Crippen MR) is 104 cm³/mol. The van der Waals surface area contributed by atoms with Crippen LogP contribution in [0.4, 0.5) is 4.79 Å². The summed E-state index contributed by atoms with van der Waals surface area (Å²) < 4.78 is 5.31. The van der Waals surface area contributed by atoms with Crippen molar-refractivity contribution in [1.29, 1.82) is 0 Å². The molecule has 0 aliphatic carbocycles. The van der Waals surface area contributed by atoms with Crippen LogP contribution in [0, 0.1) is 0 Å². The maximum absolute atomic E-state index is 12.3. The van der Waals surface area contributed by atoms with Crippen molar-refractivity contribution in [3.63, 3.8) is 0 Å². The van der Waals surface area contributed by atoms with Crippen molar-refractivity contribution in [3.05, 3.63) is 70.3 Å². The van der Waals surface area contributed by atoms with E-state index >= 15 is 0 Å². The molecule has 0 aliphatic heterocycles. The minimum atomic E-state index is -0.235. The second-order valence-electron chi connectivity index (χ2n) is 6.18. The fourth-order valence-corrected chi connectivity index (χ4v) is 2.85. The molecule has 0 radical (unpaired) electrons. The van der Waals surface area contributed by atoms with Crippen LogP contribution in [-0.4, -0.2) is 41.6 Å². The molecular weight excluding hydrogens is 344 g/mol. The summed E-state index contributed by atoms with van der Waals surface area (Å²) in [5.74, 6) is 1.25. The quantitative estimate of drug-likeness (QED) is 0.701. The molecule has 0 bridgehead atoms. The van der Waals surface area contributed by atoms with Gasteiger partial charge in [-0.3, -0.25) is 4.79 Å². The lowest BCUT2D eigenvalue weighted by Crippen LogP contribution is -2.38. The highest BCUT2D eigenvalue weighted by molar-refractivity contribution is 5.77. The Morgan fingerprint density at radius 1 is 1.19 bits per heavy atom. The minimum Gasteiger partial charge on any atom is -0.496 e. The molecule has 2 amide bonds. The molecule has 0 atom stereocenters. The van der Waals surface area contributed by atoms with E-state index in [1.54, 1.807) is 32.4 Å². The standard InChI is InChI=1S/C20H22N4O3/c1-24(13-18-22-16-9-5-4-8-15(16)19(25)23-18)20(26)21-12-11-14-7-3-6-10-17(14)27-2/h3-10H,11-13H2,1-2H3,(H,21,26)(H,22,23,25). The van der Waals surface area contributed by atoms with Crippen LogP contribution in [0.2, 0.25) is 0 Å². The number of aromatic amines is 1. The predicted octanol–water partition coefficient (Wildman–Crippen LogP) is 2.32. The fourth-order valence-electron chi connectivity index (χ4n) is 2.85. The molecule has 0 fully saturated rings. The molecule has 7 heteroatoms. The first-order chi connectivity index (χ1) is 13.1. The Balaban J connectivity index is 1.58. The first-order valence-corrected chi connectivity index (χ1v) is 8.67. The molecule has 27 heavy (non-hydrogen) atoms. The molecule has 0 aliphatic rings. The van der Waals surface area contributed by atoms with E-state index in [0.29, 0.717) is 29.7 Å². The number of H-pyrrole nitrogens is 1. The van der Waals surface area contributed by atoms with Crippen molar-refractivity contribution >= 4 is 16.9 Å². The van der Waals surface area contributed by atoms with Gasteiger partial charge in [0.2, 0.25) is 0 Å². The van der Waals surface area contributed by atoms with Gasteiger partial charge in [-0.2, -0.15) is 0 Å². The smallest absolute Gasteiger partial charge is 0.317 e. The molecule has 0 saturated carbocycles. The van der Waals surface area contributed by atoms with Gasteiger partial charge in [0.15, 0.2) is 0 Å². The lowest BCUT2D eigenvalue weighted by Gasteiger charge is -2.18. The number of carbonyl (C=O) groups excluding carboxylic acids is 1. The third-order valence-electron chi connectivity index (χ3n) is 4.26. The van der Waals surface area contributed by atoms with Crippen LogP contribution >= 0.6 is 0 Å². The van der Waals surface area contributed by atoms with Crippen molar-refractivity contribution < 1.29 is 9.53 Å². The van der Waals surface area contributed by atoms with Crippen LogP contribution in [0.5, 0.6) is 5.75 Å². The second-order valence-corrected chi connectivity index (χ2v) is 6.18. The second kappa shape index (κ2) is 8.35. The van der Waals surface area contributed by atoms with Crippen molar-refractivity contribution in [2.24, 2.45) is 0 Å². The van der Waals surface area contributed by atoms with Gasteiger partial charge in [0, 0.05) is 13.6 Å². The maximum Gasteiger partial charge on any atom is 0.317 e. The number of amides is 2. The number of aromatic nitrogens is 2. The average Bonchev–Trinajstić information content (AvgIpc) is 2.68. The molecule has 7 nitrogen and oxygen atoms in total. The minimum absolute atomic E-state index is 0.208. The summed E-state index contributed by atoms with van der Waals surface area (Å²) in [5.41, 5.74) is 1.44. The zero-order valence-corrected chi connectivity index (χ0v) is 15.4. The number of rotatable bonds is 6. The Morgan fingerprint density at radius 3 is 2.74 bits per heavy atom. The molecule has 0 unspecified atom stereocenters. The van der Waals surface area contributed by atoms with Gasteiger partial charge in [-0.25, -0.2) is 9.78 Å². The number of urea groups is 1. The highest BCUT2D eigenvalue weighted by atomic mass is 16.5. The van der Waals surface area contributed by atoms with E-state index < -0.39 is 0 Å². The molecule has 2 aromatic carbocycles. The Labute approximate surface area is 157 Å². The number of nitrogens with zero attached hydrogens (tertiary/aromatic N) is 2. The maximum atomic E-state index is 12.3. The van der Waals surface area contributed by atoms with Gasteiger partial charge >= 0.3 is 6.03 Å². The first kappa shape index (κ1) is 18.4. The Hall–Kier alpha value is -3.35. The topological polar surface area (TPSA) is 87.3 Å². The number of hydrogen-bond acceptors (Lipinski definition) is 4. The van der Waals surface area contributed by atoms with Gasteiger partial charge in [-0.05, 0) is 30.2 Å². The monoisotopic (exact) mass is 366 g/mol. The van der Waals surface area contributed by atoms with Crippen LogP contribution in [0.3, 0.4) is 0 Å². The molecule has 3 aromatic rings. The van der Waals surface area contributed by atoms with Gasteiger partial charge < -0.3 is 19.9 Å². The van der Waals surface area contributed by atoms with E-state index in [0.717, 1.165) is 11.3 Å². The number of nitrogens with one attached hydrogen (secondary N) is 2. The fraction of sp³-hybridized carbons (Fsp3) is 0.250. The van der Waals surface area contributed by atoms with E-state index in [1.165, 1.54) is 4.90 Å². The zero-order chi connectivity index (χ0) is 19.2. The van der Waals surface area contributed by atoms with Gasteiger partial charge in [0.1, 0.15) is 11.6 Å². The Bertz CT molecular complexity index is 1000. The van der Waals surface area contributed by atoms with E-state index in [1.807, 2.05) is 30.3 Å². The normalized spacial score (nSPS) is 10.6. The van der Waals surface area contributed by atoms with Crippen LogP contribution < -0.4 is 15.6 Å². The third kappa shape index (κ3) is 4.44. The number of methoxy groups -OCH3 is 1. The molecular formula is C20H22N4O3. The molecule has 140 valence electrons. The molecule has 3 rings (SSSR count). The molecule has 0 saturated heterocycles. The summed E-state index contributed by atoms with van der Waals surface area (Å²) in [4.78, 5) is 33.0. The van der Waals surface area contributed by atoms with Crippen LogP contribution in [-0.2, 0) is 13.0 Å². The van der Waals surface area contributed by atoms with Crippen molar-refractivity contribution in [1.82, 2.24) is 20.2 Å². The summed E-state index contributed by atoms with van der Waals surface area (Å²) >= 11 is 0. The zero-order valence-electron chi connectivity index (χ0n) is 15.4. The first-order valence-electron chi connectivity index (χ1n) is 8.67. The molecule has 1 aromatic heterocycles. The van der Waals surface area contributed by atoms with Gasteiger partial charge in [0.05, 0.1) is 24.6 Å². The lowest BCUT2D eigenvalue weighted by atomic mass is 10.1. The number of carbonyl (C=O) groups is 1. The van der Waals surface area contributed by atoms with Crippen molar-refractivity contribution in [2.75, 3.05) is 20.7 Å². The largest absolute Gasteiger partial charge is 0.496 e. The van der Waals surface area contributed by atoms with Crippen LogP contribution in [0.1, 0.15) is 11.4 Å². The van der Waals surface area contributed by atoms with Gasteiger partial charge in [0.25, 0.3) is 5.56 Å². The number of fused-ring (bicyclic) bond motifs is 1. The van der Waals surface area contributed by atoms with Crippen LogP contribution in [0.25, 0.3) is 10.9 Å². The highest BCUT2D eigenvalue weighted by Crippen LogP contribution is 2.17. The summed E-state index contributed by atoms with van der Waals surface area (Å²) in [6.45, 7) is 0.686. The third-order valence-corrected chi connectivity index (χ3v) is 4.26. The van der Waals surface area contributed by atoms with Gasteiger partial charge in [-0.1, -0.05) is 30.3 Å². The average molecular weight is 366 g/mol. The molecule has 2 N–H and O–H groups in total. The summed E-state index contributed by atoms with van der Waals surface area (Å²) in [7, 11) is 3.29. The highest BCUT2D eigenvalue weighted by Gasteiger charge is 2.12. The van der Waals surface area contributed by atoms with Gasteiger partial charge in [-0.15, -0.1) is 0 Å². The Kier molecular flexibility index (Phi) is 5.71. The van der Waals surface area contributed by atoms with E-state index in [4.69, 9.17) is 4.74 Å². The lowest BCUT2D eigenvalue weighted by molar-refractivity contribution is 0.206. The number of para-hydroxylation sites is 2. The Morgan fingerprint density at radius 2 is 1.93 bits per heavy atom. The van der Waals surface area contributed by atoms with Crippen molar-refractivity contribution in [2.45, 2.75) is 13.0 Å². The summed E-state index contributed by atoms with van der Waals surface area (Å²) in [5, 5.41) is 3.40. The SMILES string of the molecule is COc1ccccc1CCNC(=O)N(C)Cc1nc2ccccc2c(=O)[nH]1. The number of hydrogen-bond donors (Lipinski definition) is 2. The van der Waals surface area contributed by atoms with E-state index in [2.05, 4.69) is 15.3 Å². The van der Waals surface area contributed by atoms with Crippen LogP contribution in [0.15, 0.2) is 53.3 Å². The molecule has 1 heterocycles. The van der Waals surface area contributed by atoms with E-state index in [9.17, 15) is 9.59 Å². The summed E-state index contributed by atoms with van der Waals surface area (Å²) in [6, 6.07) is 14.6. The molecule has 0 spiro atoms. The van der Waals surface area contributed by atoms with Crippen molar-refractivity contribution in [3.8, 4) is 5.75 Å². The number of benzene rings is 2. The number of ether oxygens (including phenoxy) is 1.